The number of nitrogens with zero attached hydrogens (tertiary/aromatic N) is 1. The van der Waals surface area contributed by atoms with Gasteiger partial charge in [0.05, 0.1) is 25.3 Å². The second-order valence-electron chi connectivity index (χ2n) is 4.86. The van der Waals surface area contributed by atoms with Crippen molar-refractivity contribution in [2.75, 3.05) is 38.3 Å². The SMILES string of the molecule is COc1ccccc1N(CCCN)C(=O)C1CCOC1. The minimum atomic E-state index is -0.0577. The van der Waals surface area contributed by atoms with E-state index in [9.17, 15) is 4.79 Å². The molecule has 5 nitrogen and oxygen atoms in total. The van der Waals surface area contributed by atoms with Crippen LogP contribution >= 0.6 is 0 Å². The van der Waals surface area contributed by atoms with Crippen molar-refractivity contribution >= 4 is 11.6 Å². The van der Waals surface area contributed by atoms with Crippen LogP contribution in [-0.2, 0) is 9.53 Å². The number of carbonyl (C=O) groups excluding carboxylic acids is 1. The van der Waals surface area contributed by atoms with Gasteiger partial charge in [0.1, 0.15) is 5.75 Å². The van der Waals surface area contributed by atoms with E-state index in [4.69, 9.17) is 15.2 Å². The minimum absolute atomic E-state index is 0.0577. The zero-order chi connectivity index (χ0) is 14.4. The van der Waals surface area contributed by atoms with Gasteiger partial charge in [-0.05, 0) is 31.5 Å². The van der Waals surface area contributed by atoms with E-state index in [1.54, 1.807) is 12.0 Å². The van der Waals surface area contributed by atoms with E-state index >= 15 is 0 Å². The average molecular weight is 278 g/mol. The quantitative estimate of drug-likeness (QED) is 0.854. The van der Waals surface area contributed by atoms with Crippen LogP contribution in [0.4, 0.5) is 5.69 Å². The first-order valence-electron chi connectivity index (χ1n) is 7.00. The van der Waals surface area contributed by atoms with Gasteiger partial charge in [-0.25, -0.2) is 0 Å². The number of rotatable bonds is 6. The van der Waals surface area contributed by atoms with Gasteiger partial charge in [-0.2, -0.15) is 0 Å². The minimum Gasteiger partial charge on any atom is -0.495 e. The highest BCUT2D eigenvalue weighted by atomic mass is 16.5. The summed E-state index contributed by atoms with van der Waals surface area (Å²) in [7, 11) is 1.61. The zero-order valence-electron chi connectivity index (χ0n) is 11.9. The summed E-state index contributed by atoms with van der Waals surface area (Å²) >= 11 is 0. The first-order chi connectivity index (χ1) is 9.77. The van der Waals surface area contributed by atoms with Crippen molar-refractivity contribution in [1.82, 2.24) is 0 Å². The standard InChI is InChI=1S/C15H22N2O3/c1-19-14-6-3-2-5-13(14)17(9-4-8-16)15(18)12-7-10-20-11-12/h2-3,5-6,12H,4,7-11,16H2,1H3. The summed E-state index contributed by atoms with van der Waals surface area (Å²) in [4.78, 5) is 14.5. The Morgan fingerprint density at radius 1 is 1.50 bits per heavy atom. The molecule has 1 amide bonds. The molecule has 1 unspecified atom stereocenters. The van der Waals surface area contributed by atoms with Gasteiger partial charge in [-0.3, -0.25) is 4.79 Å². The van der Waals surface area contributed by atoms with Crippen LogP contribution in [0, 0.1) is 5.92 Å². The van der Waals surface area contributed by atoms with Crippen LogP contribution in [0.25, 0.3) is 0 Å². The van der Waals surface area contributed by atoms with Crippen LogP contribution in [0.5, 0.6) is 5.75 Å². The van der Waals surface area contributed by atoms with Crippen LogP contribution in [0.15, 0.2) is 24.3 Å². The van der Waals surface area contributed by atoms with E-state index in [1.807, 2.05) is 24.3 Å². The van der Waals surface area contributed by atoms with Crippen molar-refractivity contribution in [2.24, 2.45) is 11.7 Å². The summed E-state index contributed by atoms with van der Waals surface area (Å²) in [6, 6.07) is 7.57. The van der Waals surface area contributed by atoms with E-state index in [0.29, 0.717) is 32.1 Å². The van der Waals surface area contributed by atoms with Crippen LogP contribution < -0.4 is 15.4 Å². The van der Waals surface area contributed by atoms with E-state index in [1.165, 1.54) is 0 Å². The maximum absolute atomic E-state index is 12.7. The first kappa shape index (κ1) is 14.8. The molecule has 1 heterocycles. The van der Waals surface area contributed by atoms with Crippen molar-refractivity contribution in [2.45, 2.75) is 12.8 Å². The molecule has 1 aliphatic rings. The topological polar surface area (TPSA) is 64.8 Å². The summed E-state index contributed by atoms with van der Waals surface area (Å²) in [5.74, 6) is 0.745. The number of para-hydroxylation sites is 2. The molecule has 5 heteroatoms. The number of anilines is 1. The van der Waals surface area contributed by atoms with Gasteiger partial charge in [0.15, 0.2) is 0 Å². The van der Waals surface area contributed by atoms with Crippen LogP contribution in [0.2, 0.25) is 0 Å². The molecule has 1 aliphatic heterocycles. The van der Waals surface area contributed by atoms with Crippen molar-refractivity contribution in [3.8, 4) is 5.75 Å². The van der Waals surface area contributed by atoms with Gasteiger partial charge in [-0.15, -0.1) is 0 Å². The highest BCUT2D eigenvalue weighted by Crippen LogP contribution is 2.30. The zero-order valence-corrected chi connectivity index (χ0v) is 11.9. The number of ether oxygens (including phenoxy) is 2. The molecule has 0 radical (unpaired) electrons. The Morgan fingerprint density at radius 3 is 2.95 bits per heavy atom. The summed E-state index contributed by atoms with van der Waals surface area (Å²) in [6.07, 6.45) is 1.55. The van der Waals surface area contributed by atoms with Gasteiger partial charge in [-0.1, -0.05) is 12.1 Å². The molecule has 0 spiro atoms. The van der Waals surface area contributed by atoms with E-state index in [2.05, 4.69) is 0 Å². The Morgan fingerprint density at radius 2 is 2.30 bits per heavy atom. The van der Waals surface area contributed by atoms with E-state index < -0.39 is 0 Å². The van der Waals surface area contributed by atoms with Gasteiger partial charge >= 0.3 is 0 Å². The number of carbonyl (C=O) groups is 1. The van der Waals surface area contributed by atoms with Crippen molar-refractivity contribution in [3.63, 3.8) is 0 Å². The van der Waals surface area contributed by atoms with Crippen molar-refractivity contribution < 1.29 is 14.3 Å². The Kier molecular flexibility index (Phi) is 5.38. The fraction of sp³-hybridized carbons (Fsp3) is 0.533. The molecule has 0 aromatic heterocycles. The second-order valence-corrected chi connectivity index (χ2v) is 4.86. The molecule has 0 aliphatic carbocycles. The smallest absolute Gasteiger partial charge is 0.232 e. The number of hydrogen-bond acceptors (Lipinski definition) is 4. The molecule has 1 aromatic rings. The molecule has 1 atom stereocenters. The molecule has 110 valence electrons. The Labute approximate surface area is 119 Å². The monoisotopic (exact) mass is 278 g/mol. The third kappa shape index (κ3) is 3.29. The fourth-order valence-electron chi connectivity index (χ4n) is 2.40. The van der Waals surface area contributed by atoms with Crippen LogP contribution in [-0.4, -0.2) is 39.3 Å². The Hall–Kier alpha value is -1.59. The lowest BCUT2D eigenvalue weighted by molar-refractivity contribution is -0.122. The summed E-state index contributed by atoms with van der Waals surface area (Å²) < 4.78 is 10.7. The molecule has 2 rings (SSSR count). The number of nitrogens with two attached hydrogens (primary N) is 1. The lowest BCUT2D eigenvalue weighted by atomic mass is 10.1. The first-order valence-corrected chi connectivity index (χ1v) is 7.00. The molecule has 0 saturated carbocycles. The fourth-order valence-corrected chi connectivity index (χ4v) is 2.40. The number of methoxy groups -OCH3 is 1. The maximum Gasteiger partial charge on any atom is 0.232 e. The Balaban J connectivity index is 2.23. The number of amides is 1. The number of hydrogen-bond donors (Lipinski definition) is 1. The highest BCUT2D eigenvalue weighted by molar-refractivity contribution is 5.96. The van der Waals surface area contributed by atoms with Crippen molar-refractivity contribution in [3.05, 3.63) is 24.3 Å². The summed E-state index contributed by atoms with van der Waals surface area (Å²) in [6.45, 7) is 2.33. The molecular weight excluding hydrogens is 256 g/mol. The third-order valence-corrected chi connectivity index (χ3v) is 3.51. The molecule has 0 bridgehead atoms. The lowest BCUT2D eigenvalue weighted by Crippen LogP contribution is -2.38. The van der Waals surface area contributed by atoms with Gasteiger partial charge in [0.2, 0.25) is 5.91 Å². The van der Waals surface area contributed by atoms with Crippen LogP contribution in [0.3, 0.4) is 0 Å². The van der Waals surface area contributed by atoms with Crippen molar-refractivity contribution in [1.29, 1.82) is 0 Å². The summed E-state index contributed by atoms with van der Waals surface area (Å²) in [5.41, 5.74) is 6.39. The van der Waals surface area contributed by atoms with Gasteiger partial charge in [0, 0.05) is 13.2 Å². The molecular formula is C15H22N2O3. The summed E-state index contributed by atoms with van der Waals surface area (Å²) in [5, 5.41) is 0. The molecule has 1 aromatic carbocycles. The molecule has 1 saturated heterocycles. The van der Waals surface area contributed by atoms with Crippen LogP contribution in [0.1, 0.15) is 12.8 Å². The average Bonchev–Trinajstić information content (AvgIpc) is 3.02. The lowest BCUT2D eigenvalue weighted by Gasteiger charge is -2.26. The molecule has 2 N–H and O–H groups in total. The van der Waals surface area contributed by atoms with Gasteiger partial charge in [0.25, 0.3) is 0 Å². The molecule has 20 heavy (non-hydrogen) atoms. The predicted molar refractivity (Wildman–Crippen MR) is 77.9 cm³/mol. The normalized spacial score (nSPS) is 18.0. The van der Waals surface area contributed by atoms with E-state index in [0.717, 1.165) is 18.5 Å². The maximum atomic E-state index is 12.7. The highest BCUT2D eigenvalue weighted by Gasteiger charge is 2.29. The predicted octanol–water partition coefficient (Wildman–Crippen LogP) is 1.41. The second kappa shape index (κ2) is 7.26. The number of benzene rings is 1. The largest absolute Gasteiger partial charge is 0.495 e. The molecule has 1 fully saturated rings. The van der Waals surface area contributed by atoms with E-state index in [-0.39, 0.29) is 11.8 Å². The van der Waals surface area contributed by atoms with Gasteiger partial charge < -0.3 is 20.1 Å². The Bertz CT molecular complexity index is 444. The third-order valence-electron chi connectivity index (χ3n) is 3.51.